The predicted octanol–water partition coefficient (Wildman–Crippen LogP) is 1.53. The number of aromatic amines is 1. The molecule has 0 aliphatic heterocycles. The molecule has 0 saturated carbocycles. The Hall–Kier alpha value is -1.81. The van der Waals surface area contributed by atoms with Crippen LogP contribution in [0.3, 0.4) is 0 Å². The van der Waals surface area contributed by atoms with Crippen molar-refractivity contribution in [3.05, 3.63) is 48.0 Å². The first kappa shape index (κ1) is 11.7. The molecule has 90 valence electrons. The summed E-state index contributed by atoms with van der Waals surface area (Å²) in [5.74, 6) is 1.80. The summed E-state index contributed by atoms with van der Waals surface area (Å²) in [5, 5.41) is 0. The third-order valence-corrected chi connectivity index (χ3v) is 2.64. The summed E-state index contributed by atoms with van der Waals surface area (Å²) in [6, 6.07) is 8.05. The molecular formula is C13H17N3O. The van der Waals surface area contributed by atoms with Crippen LogP contribution in [0.5, 0.6) is 5.75 Å². The molecule has 0 aliphatic rings. The maximum absolute atomic E-state index is 6.09. The minimum atomic E-state index is 0.0632. The predicted molar refractivity (Wildman–Crippen MR) is 67.0 cm³/mol. The highest BCUT2D eigenvalue weighted by atomic mass is 16.5. The molecule has 0 amide bonds. The lowest BCUT2D eigenvalue weighted by Gasteiger charge is -2.10. The Balaban J connectivity index is 1.95. The molecule has 1 aromatic carbocycles. The lowest BCUT2D eigenvalue weighted by Crippen LogP contribution is -2.26. The normalized spacial score (nSPS) is 12.4. The molecule has 1 heterocycles. The maximum Gasteiger partial charge on any atom is 0.119 e. The van der Waals surface area contributed by atoms with Crippen LogP contribution in [0.2, 0.25) is 0 Å². The molecule has 4 heteroatoms. The van der Waals surface area contributed by atoms with E-state index in [-0.39, 0.29) is 6.04 Å². The van der Waals surface area contributed by atoms with Gasteiger partial charge in [-0.15, -0.1) is 0 Å². The SMILES string of the molecule is COc1cccc(CC(N)Cc2ncc[nH]2)c1. The van der Waals surface area contributed by atoms with Gasteiger partial charge in [0, 0.05) is 24.9 Å². The minimum Gasteiger partial charge on any atom is -0.497 e. The number of nitrogens with two attached hydrogens (primary N) is 1. The number of hydrogen-bond donors (Lipinski definition) is 2. The van der Waals surface area contributed by atoms with E-state index in [1.165, 1.54) is 5.56 Å². The van der Waals surface area contributed by atoms with Crippen LogP contribution in [0.1, 0.15) is 11.4 Å². The minimum absolute atomic E-state index is 0.0632. The Morgan fingerprint density at radius 2 is 2.29 bits per heavy atom. The molecule has 1 aromatic heterocycles. The number of aromatic nitrogens is 2. The monoisotopic (exact) mass is 231 g/mol. The molecule has 3 N–H and O–H groups in total. The van der Waals surface area contributed by atoms with Gasteiger partial charge in [0.25, 0.3) is 0 Å². The number of hydrogen-bond acceptors (Lipinski definition) is 3. The quantitative estimate of drug-likeness (QED) is 0.820. The van der Waals surface area contributed by atoms with Crippen molar-refractivity contribution in [3.63, 3.8) is 0 Å². The van der Waals surface area contributed by atoms with Crippen molar-refractivity contribution in [2.75, 3.05) is 7.11 Å². The van der Waals surface area contributed by atoms with E-state index >= 15 is 0 Å². The number of methoxy groups -OCH3 is 1. The second-order valence-corrected chi connectivity index (χ2v) is 4.06. The Kier molecular flexibility index (Phi) is 3.77. The first-order chi connectivity index (χ1) is 8.28. The summed E-state index contributed by atoms with van der Waals surface area (Å²) < 4.78 is 5.18. The molecule has 1 unspecified atom stereocenters. The number of nitrogens with zero attached hydrogens (tertiary/aromatic N) is 1. The molecule has 0 bridgehead atoms. The van der Waals surface area contributed by atoms with Gasteiger partial charge in [-0.05, 0) is 24.1 Å². The van der Waals surface area contributed by atoms with Crippen LogP contribution < -0.4 is 10.5 Å². The highest BCUT2D eigenvalue weighted by Gasteiger charge is 2.07. The first-order valence-corrected chi connectivity index (χ1v) is 5.64. The molecule has 2 rings (SSSR count). The summed E-state index contributed by atoms with van der Waals surface area (Å²) in [4.78, 5) is 7.23. The average molecular weight is 231 g/mol. The van der Waals surface area contributed by atoms with Gasteiger partial charge in [-0.25, -0.2) is 4.98 Å². The fourth-order valence-electron chi connectivity index (χ4n) is 1.83. The smallest absolute Gasteiger partial charge is 0.119 e. The van der Waals surface area contributed by atoms with Crippen molar-refractivity contribution in [2.24, 2.45) is 5.73 Å². The number of H-pyrrole nitrogens is 1. The molecule has 0 radical (unpaired) electrons. The van der Waals surface area contributed by atoms with Gasteiger partial charge < -0.3 is 15.5 Å². The van der Waals surface area contributed by atoms with Gasteiger partial charge >= 0.3 is 0 Å². The highest BCUT2D eigenvalue weighted by molar-refractivity contribution is 5.29. The molecule has 2 aromatic rings. The van der Waals surface area contributed by atoms with Gasteiger partial charge in [0.2, 0.25) is 0 Å². The Morgan fingerprint density at radius 3 is 3.00 bits per heavy atom. The molecule has 17 heavy (non-hydrogen) atoms. The summed E-state index contributed by atoms with van der Waals surface area (Å²) in [6.45, 7) is 0. The summed E-state index contributed by atoms with van der Waals surface area (Å²) in [5.41, 5.74) is 7.27. The van der Waals surface area contributed by atoms with Crippen LogP contribution in [0.15, 0.2) is 36.7 Å². The fraction of sp³-hybridized carbons (Fsp3) is 0.308. The molecular weight excluding hydrogens is 214 g/mol. The van der Waals surface area contributed by atoms with Crippen LogP contribution >= 0.6 is 0 Å². The van der Waals surface area contributed by atoms with Crippen molar-refractivity contribution >= 4 is 0 Å². The van der Waals surface area contributed by atoms with Gasteiger partial charge in [-0.1, -0.05) is 12.1 Å². The maximum atomic E-state index is 6.09. The molecule has 0 spiro atoms. The number of ether oxygens (including phenoxy) is 1. The van der Waals surface area contributed by atoms with Gasteiger partial charge in [0.05, 0.1) is 7.11 Å². The molecule has 4 nitrogen and oxygen atoms in total. The largest absolute Gasteiger partial charge is 0.497 e. The Labute approximate surface area is 101 Å². The van der Waals surface area contributed by atoms with Crippen molar-refractivity contribution in [1.29, 1.82) is 0 Å². The van der Waals surface area contributed by atoms with E-state index in [9.17, 15) is 0 Å². The third-order valence-electron chi connectivity index (χ3n) is 2.64. The number of imidazole rings is 1. The van der Waals surface area contributed by atoms with E-state index in [1.807, 2.05) is 24.4 Å². The second-order valence-electron chi connectivity index (χ2n) is 4.06. The highest BCUT2D eigenvalue weighted by Crippen LogP contribution is 2.14. The average Bonchev–Trinajstić information content (AvgIpc) is 2.82. The van der Waals surface area contributed by atoms with E-state index in [4.69, 9.17) is 10.5 Å². The van der Waals surface area contributed by atoms with E-state index < -0.39 is 0 Å². The summed E-state index contributed by atoms with van der Waals surface area (Å²) in [6.07, 6.45) is 5.13. The first-order valence-electron chi connectivity index (χ1n) is 5.64. The van der Waals surface area contributed by atoms with Crippen molar-refractivity contribution in [2.45, 2.75) is 18.9 Å². The molecule has 0 saturated heterocycles. The zero-order valence-electron chi connectivity index (χ0n) is 9.89. The van der Waals surface area contributed by atoms with Gasteiger partial charge in [0.1, 0.15) is 11.6 Å². The van der Waals surface area contributed by atoms with E-state index in [2.05, 4.69) is 16.0 Å². The van der Waals surface area contributed by atoms with Crippen LogP contribution in [0.4, 0.5) is 0 Å². The number of rotatable bonds is 5. The van der Waals surface area contributed by atoms with Crippen LogP contribution in [0, 0.1) is 0 Å². The van der Waals surface area contributed by atoms with Crippen molar-refractivity contribution < 1.29 is 4.74 Å². The summed E-state index contributed by atoms with van der Waals surface area (Å²) >= 11 is 0. The zero-order chi connectivity index (χ0) is 12.1. The van der Waals surface area contributed by atoms with Crippen LogP contribution in [-0.2, 0) is 12.8 Å². The number of benzene rings is 1. The Bertz CT molecular complexity index is 453. The third kappa shape index (κ3) is 3.32. The lowest BCUT2D eigenvalue weighted by molar-refractivity contribution is 0.414. The number of nitrogens with one attached hydrogen (secondary N) is 1. The molecule has 0 fully saturated rings. The van der Waals surface area contributed by atoms with Gasteiger partial charge in [0.15, 0.2) is 0 Å². The van der Waals surface area contributed by atoms with Crippen LogP contribution in [0.25, 0.3) is 0 Å². The second kappa shape index (κ2) is 5.50. The standard InChI is InChI=1S/C13H17N3O/c1-17-12-4-2-3-10(8-12)7-11(14)9-13-15-5-6-16-13/h2-6,8,11H,7,9,14H2,1H3,(H,15,16). The molecule has 0 aliphatic carbocycles. The molecule has 1 atom stereocenters. The van der Waals surface area contributed by atoms with Gasteiger partial charge in [-0.2, -0.15) is 0 Å². The van der Waals surface area contributed by atoms with E-state index in [1.54, 1.807) is 13.3 Å². The van der Waals surface area contributed by atoms with E-state index in [0.29, 0.717) is 0 Å². The topological polar surface area (TPSA) is 63.9 Å². The zero-order valence-corrected chi connectivity index (χ0v) is 9.89. The van der Waals surface area contributed by atoms with Crippen LogP contribution in [-0.4, -0.2) is 23.1 Å². The fourth-order valence-corrected chi connectivity index (χ4v) is 1.83. The Morgan fingerprint density at radius 1 is 1.41 bits per heavy atom. The lowest BCUT2D eigenvalue weighted by atomic mass is 10.0. The summed E-state index contributed by atoms with van der Waals surface area (Å²) in [7, 11) is 1.67. The van der Waals surface area contributed by atoms with Crippen molar-refractivity contribution in [1.82, 2.24) is 9.97 Å². The van der Waals surface area contributed by atoms with Crippen molar-refractivity contribution in [3.8, 4) is 5.75 Å². The van der Waals surface area contributed by atoms with Gasteiger partial charge in [-0.3, -0.25) is 0 Å². The van der Waals surface area contributed by atoms with E-state index in [0.717, 1.165) is 24.4 Å².